The normalized spacial score (nSPS) is 10.5. The van der Waals surface area contributed by atoms with E-state index in [2.05, 4.69) is 9.97 Å². The fourth-order valence-corrected chi connectivity index (χ4v) is 3.82. The second-order valence-electron chi connectivity index (χ2n) is 8.44. The van der Waals surface area contributed by atoms with E-state index in [9.17, 15) is 9.59 Å². The lowest BCUT2D eigenvalue weighted by molar-refractivity contribution is 0.0734. The van der Waals surface area contributed by atoms with Crippen LogP contribution in [0, 0.1) is 0 Å². The molecular weight excluding hydrogens is 494 g/mol. The fourth-order valence-electron chi connectivity index (χ4n) is 3.82. The second kappa shape index (κ2) is 11.1. The van der Waals surface area contributed by atoms with Gasteiger partial charge < -0.3 is 25.8 Å². The number of hydrogen-bond donors (Lipinski definition) is 2. The molecule has 0 aliphatic carbocycles. The van der Waals surface area contributed by atoms with Gasteiger partial charge in [0.15, 0.2) is 0 Å². The lowest BCUT2D eigenvalue weighted by atomic mass is 10.1. The zero-order valence-electron chi connectivity index (χ0n) is 20.6. The molecule has 3 aromatic carbocycles. The van der Waals surface area contributed by atoms with Gasteiger partial charge in [0.25, 0.3) is 0 Å². The van der Waals surface area contributed by atoms with Crippen molar-refractivity contribution in [3.63, 3.8) is 0 Å². The van der Waals surface area contributed by atoms with Crippen molar-refractivity contribution in [3.8, 4) is 11.5 Å². The topological polar surface area (TPSA) is 134 Å². The number of pyridine rings is 2. The molecule has 5 aromatic rings. The van der Waals surface area contributed by atoms with Crippen molar-refractivity contribution in [3.05, 3.63) is 127 Å². The van der Waals surface area contributed by atoms with Crippen LogP contribution in [-0.4, -0.2) is 21.9 Å². The van der Waals surface area contributed by atoms with Gasteiger partial charge in [-0.3, -0.25) is 9.97 Å². The van der Waals surface area contributed by atoms with Gasteiger partial charge in [0.05, 0.1) is 23.5 Å². The number of esters is 2. The predicted octanol–water partition coefficient (Wildman–Crippen LogP) is 5.55. The smallest absolute Gasteiger partial charge is 0.343 e. The van der Waals surface area contributed by atoms with E-state index in [1.54, 1.807) is 73.1 Å². The highest BCUT2D eigenvalue weighted by Gasteiger charge is 2.21. The lowest BCUT2D eigenvalue weighted by Gasteiger charge is -2.26. The minimum absolute atomic E-state index is 0.130. The van der Waals surface area contributed by atoms with Crippen LogP contribution in [0.3, 0.4) is 0 Å². The molecule has 0 aliphatic heterocycles. The molecule has 2 heterocycles. The molecule has 9 heteroatoms. The monoisotopic (exact) mass is 517 g/mol. The lowest BCUT2D eigenvalue weighted by Crippen LogP contribution is -2.16. The molecule has 0 amide bonds. The molecule has 0 bridgehead atoms. The molecule has 9 nitrogen and oxygen atoms in total. The average Bonchev–Trinajstić information content (AvgIpc) is 2.96. The number of aromatic nitrogens is 2. The number of benzene rings is 3. The minimum Gasteiger partial charge on any atom is -0.421 e. The first-order valence-electron chi connectivity index (χ1n) is 11.9. The maximum Gasteiger partial charge on any atom is 0.343 e. The van der Waals surface area contributed by atoms with Crippen molar-refractivity contribution < 1.29 is 19.1 Å². The van der Waals surface area contributed by atoms with Crippen LogP contribution in [0.2, 0.25) is 0 Å². The number of rotatable bonds is 7. The molecule has 0 spiro atoms. The Labute approximate surface area is 224 Å². The van der Waals surface area contributed by atoms with Crippen LogP contribution < -0.4 is 25.8 Å². The third-order valence-corrected chi connectivity index (χ3v) is 5.64. The van der Waals surface area contributed by atoms with Crippen molar-refractivity contribution in [2.45, 2.75) is 0 Å². The Morgan fingerprint density at radius 3 is 1.41 bits per heavy atom. The van der Waals surface area contributed by atoms with E-state index in [1.165, 1.54) is 18.5 Å². The number of nitrogens with two attached hydrogens (primary N) is 2. The molecule has 5 rings (SSSR count). The Bertz CT molecular complexity index is 1480. The van der Waals surface area contributed by atoms with Gasteiger partial charge in [-0.15, -0.1) is 0 Å². The quantitative estimate of drug-likeness (QED) is 0.210. The molecule has 2 aromatic heterocycles. The van der Waals surface area contributed by atoms with E-state index in [0.717, 1.165) is 11.4 Å². The van der Waals surface area contributed by atoms with Crippen LogP contribution in [0.4, 0.5) is 28.4 Å². The Morgan fingerprint density at radius 2 is 1.03 bits per heavy atom. The highest BCUT2D eigenvalue weighted by Crippen LogP contribution is 2.36. The summed E-state index contributed by atoms with van der Waals surface area (Å²) in [7, 11) is 0. The number of hydrogen-bond acceptors (Lipinski definition) is 9. The number of nitrogens with zero attached hydrogens (tertiary/aromatic N) is 3. The van der Waals surface area contributed by atoms with Gasteiger partial charge in [-0.25, -0.2) is 9.59 Å². The van der Waals surface area contributed by atoms with Crippen molar-refractivity contribution in [1.82, 2.24) is 9.97 Å². The fraction of sp³-hybridized carbons (Fsp3) is 0. The molecule has 0 fully saturated rings. The summed E-state index contributed by atoms with van der Waals surface area (Å²) in [5, 5.41) is 0. The maximum absolute atomic E-state index is 13.2. The molecular formula is C30H23N5O4. The Hall–Kier alpha value is -5.70. The van der Waals surface area contributed by atoms with Crippen LogP contribution in [0.15, 0.2) is 116 Å². The van der Waals surface area contributed by atoms with Crippen LogP contribution in [-0.2, 0) is 0 Å². The third kappa shape index (κ3) is 6.00. The summed E-state index contributed by atoms with van der Waals surface area (Å²) in [6, 6.07) is 25.6. The Morgan fingerprint density at radius 1 is 0.590 bits per heavy atom. The van der Waals surface area contributed by atoms with Gasteiger partial charge in [0.2, 0.25) is 0 Å². The van der Waals surface area contributed by atoms with E-state index in [0.29, 0.717) is 17.1 Å². The average molecular weight is 518 g/mol. The Kier molecular flexibility index (Phi) is 7.13. The van der Waals surface area contributed by atoms with E-state index >= 15 is 0 Å². The zero-order valence-corrected chi connectivity index (χ0v) is 20.6. The molecule has 39 heavy (non-hydrogen) atoms. The minimum atomic E-state index is -0.671. The van der Waals surface area contributed by atoms with Crippen LogP contribution in [0.25, 0.3) is 0 Å². The zero-order chi connectivity index (χ0) is 27.2. The molecule has 4 N–H and O–H groups in total. The summed E-state index contributed by atoms with van der Waals surface area (Å²) in [6.07, 6.45) is 5.99. The number of carbonyl (C=O) groups is 2. The van der Waals surface area contributed by atoms with Crippen LogP contribution >= 0.6 is 0 Å². The molecule has 0 saturated carbocycles. The summed E-state index contributed by atoms with van der Waals surface area (Å²) in [6.45, 7) is 0. The van der Waals surface area contributed by atoms with Crippen molar-refractivity contribution >= 4 is 40.4 Å². The summed E-state index contributed by atoms with van der Waals surface area (Å²) in [5.41, 5.74) is 15.3. The van der Waals surface area contributed by atoms with Crippen LogP contribution in [0.5, 0.6) is 11.5 Å². The Balaban J connectivity index is 1.62. The summed E-state index contributed by atoms with van der Waals surface area (Å²) >= 11 is 0. The summed E-state index contributed by atoms with van der Waals surface area (Å²) in [4.78, 5) is 36.3. The predicted molar refractivity (Wildman–Crippen MR) is 148 cm³/mol. The molecule has 0 aliphatic rings. The van der Waals surface area contributed by atoms with Crippen molar-refractivity contribution in [2.24, 2.45) is 0 Å². The highest BCUT2D eigenvalue weighted by atomic mass is 16.5. The van der Waals surface area contributed by atoms with Gasteiger partial charge in [0, 0.05) is 40.8 Å². The summed E-state index contributed by atoms with van der Waals surface area (Å²) in [5.74, 6) is -0.813. The number of anilines is 5. The second-order valence-corrected chi connectivity index (χ2v) is 8.44. The van der Waals surface area contributed by atoms with Gasteiger partial charge in [-0.05, 0) is 91.0 Å². The van der Waals surface area contributed by atoms with E-state index in [1.807, 2.05) is 29.2 Å². The molecule has 0 atom stereocenters. The first-order chi connectivity index (χ1) is 19.0. The number of carbonyl (C=O) groups excluding carboxylic acids is 2. The molecule has 0 unspecified atom stereocenters. The van der Waals surface area contributed by atoms with E-state index in [-0.39, 0.29) is 22.6 Å². The molecule has 192 valence electrons. The van der Waals surface area contributed by atoms with E-state index < -0.39 is 11.9 Å². The van der Waals surface area contributed by atoms with Gasteiger partial charge in [0.1, 0.15) is 11.5 Å². The molecule has 0 saturated heterocycles. The number of nitrogen functional groups attached to an aromatic ring is 2. The first kappa shape index (κ1) is 25.0. The SMILES string of the molecule is Nc1ccc(N(c2ccc(N)cc2)c2cc(C(=O)Oc3cccnc3)cc(C(=O)Oc3cccnc3)c2)cc1. The molecule has 0 radical (unpaired) electrons. The first-order valence-corrected chi connectivity index (χ1v) is 11.9. The largest absolute Gasteiger partial charge is 0.421 e. The standard InChI is InChI=1S/C30H23N5O4/c31-22-5-9-24(10-6-22)35(25-11-7-23(32)8-12-25)26-16-20(29(36)38-27-3-1-13-33-18-27)15-21(17-26)30(37)39-28-4-2-14-34-19-28/h1-19H,31-32H2. The third-order valence-electron chi connectivity index (χ3n) is 5.64. The highest BCUT2D eigenvalue weighted by molar-refractivity contribution is 5.99. The summed E-state index contributed by atoms with van der Waals surface area (Å²) < 4.78 is 11.0. The van der Waals surface area contributed by atoms with E-state index in [4.69, 9.17) is 20.9 Å². The van der Waals surface area contributed by atoms with Gasteiger partial charge in [-0.1, -0.05) is 0 Å². The van der Waals surface area contributed by atoms with Gasteiger partial charge in [-0.2, -0.15) is 0 Å². The van der Waals surface area contributed by atoms with Crippen molar-refractivity contribution in [2.75, 3.05) is 16.4 Å². The van der Waals surface area contributed by atoms with Crippen LogP contribution in [0.1, 0.15) is 20.7 Å². The maximum atomic E-state index is 13.2. The van der Waals surface area contributed by atoms with Crippen molar-refractivity contribution in [1.29, 1.82) is 0 Å². The number of ether oxygens (including phenoxy) is 2. The van der Waals surface area contributed by atoms with Gasteiger partial charge >= 0.3 is 11.9 Å².